The molecule has 1 aliphatic rings. The van der Waals surface area contributed by atoms with Gasteiger partial charge in [0, 0.05) is 16.0 Å². The number of methoxy groups -OCH3 is 1. The van der Waals surface area contributed by atoms with Crippen LogP contribution in [0, 0.1) is 13.8 Å². The molecule has 0 fully saturated rings. The molecule has 0 aliphatic heterocycles. The van der Waals surface area contributed by atoms with E-state index in [1.807, 2.05) is 31.2 Å². The van der Waals surface area contributed by atoms with Crippen molar-refractivity contribution < 1.29 is 4.74 Å². The first-order valence-electron chi connectivity index (χ1n) is 11.0. The maximum absolute atomic E-state index is 5.37. The number of fused-ring (bicyclic) bond motifs is 1. The third-order valence-corrected chi connectivity index (χ3v) is 6.89. The molecule has 0 bridgehead atoms. The summed E-state index contributed by atoms with van der Waals surface area (Å²) in [6.45, 7) is 4.13. The van der Waals surface area contributed by atoms with E-state index < -0.39 is 0 Å². The van der Waals surface area contributed by atoms with Gasteiger partial charge in [0.25, 0.3) is 0 Å². The fourth-order valence-corrected chi connectivity index (χ4v) is 5.14. The molecule has 32 heavy (non-hydrogen) atoms. The summed E-state index contributed by atoms with van der Waals surface area (Å²) in [7, 11) is 1.69. The number of aryl methyl sites for hydroxylation is 4. The number of aromatic nitrogens is 3. The normalized spacial score (nSPS) is 13.0. The number of nitrogens with one attached hydrogen (secondary N) is 1. The Kier molecular flexibility index (Phi) is 5.62. The molecule has 0 saturated carbocycles. The van der Waals surface area contributed by atoms with Crippen molar-refractivity contribution in [3.05, 3.63) is 70.1 Å². The van der Waals surface area contributed by atoms with Gasteiger partial charge in [-0.1, -0.05) is 12.1 Å². The average Bonchev–Trinajstić information content (AvgIpc) is 3.19. The minimum Gasteiger partial charge on any atom is -0.496 e. The van der Waals surface area contributed by atoms with Crippen molar-refractivity contribution in [2.24, 2.45) is 0 Å². The standard InChI is InChI=1S/C26H26N4OS/c1-16-14-21(10-12-23(16)31-3)25-17(2)32-26(28-25)27-24-13-11-22(29-30-24)20-9-8-18-6-4-5-7-19(18)15-20/h8-15H,4-7H2,1-3H3,(H,27,28,30). The van der Waals surface area contributed by atoms with Gasteiger partial charge in [-0.05, 0) is 92.6 Å². The Labute approximate surface area is 192 Å². The quantitative estimate of drug-likeness (QED) is 0.381. The molecule has 0 radical (unpaired) electrons. The van der Waals surface area contributed by atoms with Gasteiger partial charge in [0.05, 0.1) is 18.5 Å². The largest absolute Gasteiger partial charge is 0.496 e. The van der Waals surface area contributed by atoms with Crippen LogP contribution in [-0.4, -0.2) is 22.3 Å². The lowest BCUT2D eigenvalue weighted by molar-refractivity contribution is 0.412. The molecule has 2 aromatic heterocycles. The zero-order chi connectivity index (χ0) is 22.1. The predicted molar refractivity (Wildman–Crippen MR) is 131 cm³/mol. The fraction of sp³-hybridized carbons (Fsp3) is 0.269. The van der Waals surface area contributed by atoms with E-state index in [0.29, 0.717) is 5.82 Å². The number of benzene rings is 2. The van der Waals surface area contributed by atoms with Crippen LogP contribution in [-0.2, 0) is 12.8 Å². The Balaban J connectivity index is 1.34. The van der Waals surface area contributed by atoms with Gasteiger partial charge < -0.3 is 10.1 Å². The summed E-state index contributed by atoms with van der Waals surface area (Å²) in [6.07, 6.45) is 4.92. The van der Waals surface area contributed by atoms with Crippen LogP contribution in [0.25, 0.3) is 22.5 Å². The molecule has 4 aromatic rings. The van der Waals surface area contributed by atoms with E-state index in [-0.39, 0.29) is 0 Å². The first-order valence-corrected chi connectivity index (χ1v) is 11.8. The number of hydrogen-bond donors (Lipinski definition) is 1. The zero-order valence-corrected chi connectivity index (χ0v) is 19.4. The van der Waals surface area contributed by atoms with Crippen molar-refractivity contribution in [1.82, 2.24) is 15.2 Å². The average molecular weight is 443 g/mol. The lowest BCUT2D eigenvalue weighted by Crippen LogP contribution is -2.02. The van der Waals surface area contributed by atoms with Crippen LogP contribution in [0.3, 0.4) is 0 Å². The lowest BCUT2D eigenvalue weighted by Gasteiger charge is -2.16. The summed E-state index contributed by atoms with van der Waals surface area (Å²) in [5.74, 6) is 1.58. The summed E-state index contributed by atoms with van der Waals surface area (Å²) >= 11 is 1.61. The monoisotopic (exact) mass is 442 g/mol. The Hall–Kier alpha value is -3.25. The lowest BCUT2D eigenvalue weighted by atomic mass is 9.90. The maximum atomic E-state index is 5.37. The van der Waals surface area contributed by atoms with E-state index in [9.17, 15) is 0 Å². The summed E-state index contributed by atoms with van der Waals surface area (Å²) in [5.41, 5.74) is 8.11. The van der Waals surface area contributed by atoms with Crippen LogP contribution < -0.4 is 10.1 Å². The van der Waals surface area contributed by atoms with Crippen molar-refractivity contribution in [2.45, 2.75) is 39.5 Å². The second kappa shape index (κ2) is 8.71. The summed E-state index contributed by atoms with van der Waals surface area (Å²) in [4.78, 5) is 5.95. The number of hydrogen-bond acceptors (Lipinski definition) is 6. The molecule has 6 heteroatoms. The van der Waals surface area contributed by atoms with E-state index in [1.165, 1.54) is 30.4 Å². The van der Waals surface area contributed by atoms with Crippen LogP contribution in [0.2, 0.25) is 0 Å². The van der Waals surface area contributed by atoms with Crippen molar-refractivity contribution in [3.8, 4) is 28.3 Å². The minimum atomic E-state index is 0.693. The molecule has 0 spiro atoms. The van der Waals surface area contributed by atoms with Gasteiger partial charge in [-0.15, -0.1) is 21.5 Å². The molecule has 5 nitrogen and oxygen atoms in total. The van der Waals surface area contributed by atoms with Crippen LogP contribution in [0.5, 0.6) is 5.75 Å². The molecule has 5 rings (SSSR count). The summed E-state index contributed by atoms with van der Waals surface area (Å²) in [6, 6.07) is 16.8. The minimum absolute atomic E-state index is 0.693. The highest BCUT2D eigenvalue weighted by molar-refractivity contribution is 7.16. The number of anilines is 2. The molecule has 1 N–H and O–H groups in total. The Morgan fingerprint density at radius 1 is 0.875 bits per heavy atom. The van der Waals surface area contributed by atoms with Crippen molar-refractivity contribution in [3.63, 3.8) is 0 Å². The van der Waals surface area contributed by atoms with Gasteiger partial charge in [0.1, 0.15) is 5.75 Å². The highest BCUT2D eigenvalue weighted by atomic mass is 32.1. The van der Waals surface area contributed by atoms with Crippen LogP contribution in [0.15, 0.2) is 48.5 Å². The number of thiazole rings is 1. The first-order chi connectivity index (χ1) is 15.6. The Morgan fingerprint density at radius 3 is 2.44 bits per heavy atom. The molecule has 162 valence electrons. The van der Waals surface area contributed by atoms with Crippen LogP contribution >= 0.6 is 11.3 Å². The van der Waals surface area contributed by atoms with E-state index in [2.05, 4.69) is 46.7 Å². The first kappa shape index (κ1) is 20.6. The topological polar surface area (TPSA) is 59.9 Å². The highest BCUT2D eigenvalue weighted by Gasteiger charge is 2.13. The number of ether oxygens (including phenoxy) is 1. The Morgan fingerprint density at radius 2 is 1.69 bits per heavy atom. The van der Waals surface area contributed by atoms with E-state index in [4.69, 9.17) is 9.72 Å². The van der Waals surface area contributed by atoms with Crippen LogP contribution in [0.4, 0.5) is 10.9 Å². The number of rotatable bonds is 5. The molecular formula is C26H26N4OS. The number of nitrogens with zero attached hydrogens (tertiary/aromatic N) is 3. The summed E-state index contributed by atoms with van der Waals surface area (Å²) in [5, 5.41) is 13.0. The molecule has 1 aliphatic carbocycles. The van der Waals surface area contributed by atoms with Gasteiger partial charge in [-0.3, -0.25) is 0 Å². The Bertz CT molecular complexity index is 1260. The van der Waals surface area contributed by atoms with E-state index in [1.54, 1.807) is 18.4 Å². The van der Waals surface area contributed by atoms with Gasteiger partial charge in [0.2, 0.25) is 0 Å². The fourth-order valence-electron chi connectivity index (χ4n) is 4.30. The van der Waals surface area contributed by atoms with Gasteiger partial charge in [-0.25, -0.2) is 4.98 Å². The van der Waals surface area contributed by atoms with Gasteiger partial charge in [-0.2, -0.15) is 0 Å². The van der Waals surface area contributed by atoms with E-state index in [0.717, 1.165) is 50.3 Å². The molecule has 0 amide bonds. The van der Waals surface area contributed by atoms with Gasteiger partial charge in [0.15, 0.2) is 10.9 Å². The predicted octanol–water partition coefficient (Wildman–Crippen LogP) is 6.51. The molecular weight excluding hydrogens is 416 g/mol. The molecule has 0 unspecified atom stereocenters. The van der Waals surface area contributed by atoms with Crippen LogP contribution in [0.1, 0.15) is 34.4 Å². The third kappa shape index (κ3) is 4.10. The SMILES string of the molecule is COc1ccc(-c2nc(Nc3ccc(-c4ccc5c(c4)CCCC5)nn3)sc2C)cc1C. The van der Waals surface area contributed by atoms with Crippen molar-refractivity contribution in [1.29, 1.82) is 0 Å². The summed E-state index contributed by atoms with van der Waals surface area (Å²) < 4.78 is 5.37. The third-order valence-electron chi connectivity index (χ3n) is 6.01. The zero-order valence-electron chi connectivity index (χ0n) is 18.6. The van der Waals surface area contributed by atoms with E-state index >= 15 is 0 Å². The molecule has 2 heterocycles. The highest BCUT2D eigenvalue weighted by Crippen LogP contribution is 2.34. The van der Waals surface area contributed by atoms with Crippen molar-refractivity contribution in [2.75, 3.05) is 12.4 Å². The second-order valence-electron chi connectivity index (χ2n) is 8.23. The smallest absolute Gasteiger partial charge is 0.189 e. The molecule has 0 atom stereocenters. The second-order valence-corrected chi connectivity index (χ2v) is 9.43. The molecule has 0 saturated heterocycles. The van der Waals surface area contributed by atoms with Crippen molar-refractivity contribution >= 4 is 22.3 Å². The maximum Gasteiger partial charge on any atom is 0.189 e. The van der Waals surface area contributed by atoms with Gasteiger partial charge >= 0.3 is 0 Å². The molecule has 2 aromatic carbocycles.